The van der Waals surface area contributed by atoms with E-state index in [1.54, 1.807) is 37.2 Å². The van der Waals surface area contributed by atoms with Gasteiger partial charge >= 0.3 is 0 Å². The molecule has 2 N–H and O–H groups in total. The van der Waals surface area contributed by atoms with Gasteiger partial charge in [0.25, 0.3) is 5.91 Å². The van der Waals surface area contributed by atoms with Gasteiger partial charge < -0.3 is 15.5 Å². The van der Waals surface area contributed by atoms with Gasteiger partial charge in [0.05, 0.1) is 10.6 Å². The molecule has 0 aliphatic carbocycles. The van der Waals surface area contributed by atoms with Crippen LogP contribution in [0.2, 0.25) is 5.02 Å². The highest BCUT2D eigenvalue weighted by Gasteiger charge is 2.30. The fourth-order valence-electron chi connectivity index (χ4n) is 2.27. The Kier molecular flexibility index (Phi) is 4.30. The van der Waals surface area contributed by atoms with Crippen molar-refractivity contribution >= 4 is 29.1 Å². The van der Waals surface area contributed by atoms with Crippen molar-refractivity contribution in [1.29, 1.82) is 0 Å². The molecule has 1 fully saturated rings. The molecule has 1 saturated heterocycles. The summed E-state index contributed by atoms with van der Waals surface area (Å²) in [6, 6.07) is 5.07. The van der Waals surface area contributed by atoms with Crippen LogP contribution in [0.1, 0.15) is 16.8 Å². The molecule has 0 bridgehead atoms. The Labute approximate surface area is 123 Å². The van der Waals surface area contributed by atoms with E-state index in [0.717, 1.165) is 0 Å². The number of hydrogen-bond donors (Lipinski definition) is 1. The lowest BCUT2D eigenvalue weighted by atomic mass is 10.1. The molecular weight excluding hydrogens is 278 g/mol. The fraction of sp³-hybridized carbons (Fsp3) is 0.429. The zero-order valence-electron chi connectivity index (χ0n) is 11.6. The molecule has 6 heteroatoms. The van der Waals surface area contributed by atoms with Crippen LogP contribution in [0.15, 0.2) is 18.2 Å². The van der Waals surface area contributed by atoms with Crippen molar-refractivity contribution in [2.45, 2.75) is 6.42 Å². The molecule has 5 nitrogen and oxygen atoms in total. The van der Waals surface area contributed by atoms with Crippen molar-refractivity contribution in [1.82, 2.24) is 4.90 Å². The lowest BCUT2D eigenvalue weighted by Gasteiger charge is -2.19. The van der Waals surface area contributed by atoms with Gasteiger partial charge in [-0.25, -0.2) is 0 Å². The molecule has 1 aliphatic rings. The third kappa shape index (κ3) is 2.78. The topological polar surface area (TPSA) is 66.6 Å². The second kappa shape index (κ2) is 5.81. The predicted molar refractivity (Wildman–Crippen MR) is 79.0 cm³/mol. The smallest absolute Gasteiger partial charge is 0.254 e. The summed E-state index contributed by atoms with van der Waals surface area (Å²) >= 11 is 6.06. The van der Waals surface area contributed by atoms with Gasteiger partial charge in [0, 0.05) is 32.7 Å². The van der Waals surface area contributed by atoms with E-state index in [-0.39, 0.29) is 17.7 Å². The summed E-state index contributed by atoms with van der Waals surface area (Å²) in [5.74, 6) is 0.0241. The maximum absolute atomic E-state index is 12.1. The molecule has 1 unspecified atom stereocenters. The molecule has 0 spiro atoms. The fourth-order valence-corrected chi connectivity index (χ4v) is 2.47. The van der Waals surface area contributed by atoms with Gasteiger partial charge in [0.1, 0.15) is 0 Å². The summed E-state index contributed by atoms with van der Waals surface area (Å²) in [5, 5.41) is 0.384. The third-order valence-electron chi connectivity index (χ3n) is 3.44. The molecule has 1 aliphatic heterocycles. The van der Waals surface area contributed by atoms with E-state index >= 15 is 0 Å². The molecule has 2 amide bonds. The molecule has 1 atom stereocenters. The van der Waals surface area contributed by atoms with E-state index < -0.39 is 0 Å². The van der Waals surface area contributed by atoms with Crippen LogP contribution in [-0.4, -0.2) is 43.9 Å². The lowest BCUT2D eigenvalue weighted by molar-refractivity contribution is -0.117. The summed E-state index contributed by atoms with van der Waals surface area (Å²) in [5.41, 5.74) is 6.71. The zero-order valence-corrected chi connectivity index (χ0v) is 12.4. The summed E-state index contributed by atoms with van der Waals surface area (Å²) in [4.78, 5) is 27.2. The summed E-state index contributed by atoms with van der Waals surface area (Å²) in [6.45, 7) is 1.08. The number of carbonyl (C=O) groups excluding carboxylic acids is 2. The van der Waals surface area contributed by atoms with E-state index in [1.165, 1.54) is 4.90 Å². The number of halogens is 1. The van der Waals surface area contributed by atoms with Crippen molar-refractivity contribution < 1.29 is 9.59 Å². The van der Waals surface area contributed by atoms with Crippen molar-refractivity contribution in [3.63, 3.8) is 0 Å². The average Bonchev–Trinajstić information content (AvgIpc) is 2.80. The maximum Gasteiger partial charge on any atom is 0.254 e. The van der Waals surface area contributed by atoms with E-state index in [1.807, 2.05) is 0 Å². The Hall–Kier alpha value is -1.59. The van der Waals surface area contributed by atoms with Gasteiger partial charge in [-0.1, -0.05) is 11.6 Å². The van der Waals surface area contributed by atoms with Crippen LogP contribution in [-0.2, 0) is 4.79 Å². The quantitative estimate of drug-likeness (QED) is 0.915. The van der Waals surface area contributed by atoms with E-state index in [0.29, 0.717) is 35.8 Å². The highest BCUT2D eigenvalue weighted by molar-refractivity contribution is 6.34. The number of benzene rings is 1. The Bertz CT molecular complexity index is 545. The lowest BCUT2D eigenvalue weighted by Crippen LogP contribution is -2.27. The number of anilines is 1. The van der Waals surface area contributed by atoms with Gasteiger partial charge in [0.2, 0.25) is 5.91 Å². The van der Waals surface area contributed by atoms with Crippen LogP contribution in [0.25, 0.3) is 0 Å². The predicted octanol–water partition coefficient (Wildman–Crippen LogP) is 1.35. The number of hydrogen-bond acceptors (Lipinski definition) is 3. The largest absolute Gasteiger partial charge is 0.345 e. The van der Waals surface area contributed by atoms with Gasteiger partial charge in [0.15, 0.2) is 0 Å². The highest BCUT2D eigenvalue weighted by atomic mass is 35.5. The molecule has 1 heterocycles. The van der Waals surface area contributed by atoms with Crippen LogP contribution in [0, 0.1) is 5.92 Å². The van der Waals surface area contributed by atoms with Crippen LogP contribution in [0.4, 0.5) is 5.69 Å². The molecule has 108 valence electrons. The van der Waals surface area contributed by atoms with E-state index in [4.69, 9.17) is 17.3 Å². The number of nitrogens with zero attached hydrogens (tertiary/aromatic N) is 2. The molecule has 1 aromatic rings. The number of rotatable bonds is 3. The summed E-state index contributed by atoms with van der Waals surface area (Å²) < 4.78 is 0. The minimum Gasteiger partial charge on any atom is -0.345 e. The van der Waals surface area contributed by atoms with Crippen molar-refractivity contribution in [2.24, 2.45) is 11.7 Å². The van der Waals surface area contributed by atoms with Crippen molar-refractivity contribution in [3.8, 4) is 0 Å². The molecule has 0 aromatic heterocycles. The number of amides is 2. The molecule has 0 saturated carbocycles. The van der Waals surface area contributed by atoms with Gasteiger partial charge in [-0.05, 0) is 30.7 Å². The van der Waals surface area contributed by atoms with Gasteiger partial charge in [-0.3, -0.25) is 9.59 Å². The van der Waals surface area contributed by atoms with Crippen molar-refractivity contribution in [2.75, 3.05) is 32.1 Å². The number of carbonyl (C=O) groups is 2. The Morgan fingerprint density at radius 2 is 2.20 bits per heavy atom. The van der Waals surface area contributed by atoms with E-state index in [2.05, 4.69) is 0 Å². The maximum atomic E-state index is 12.1. The molecular formula is C14H18ClN3O2. The normalized spacial score (nSPS) is 18.5. The number of nitrogens with two attached hydrogens (primary N) is 1. The van der Waals surface area contributed by atoms with Crippen molar-refractivity contribution in [3.05, 3.63) is 28.8 Å². The Morgan fingerprint density at radius 3 is 2.75 bits per heavy atom. The summed E-state index contributed by atoms with van der Waals surface area (Å²) in [7, 11) is 3.33. The van der Waals surface area contributed by atoms with Gasteiger partial charge in [-0.2, -0.15) is 0 Å². The molecule has 2 rings (SSSR count). The monoisotopic (exact) mass is 295 g/mol. The first-order chi connectivity index (χ1) is 9.43. The van der Waals surface area contributed by atoms with Crippen LogP contribution < -0.4 is 10.6 Å². The van der Waals surface area contributed by atoms with E-state index in [9.17, 15) is 9.59 Å². The first kappa shape index (κ1) is 14.8. The molecule has 1 aromatic carbocycles. The summed E-state index contributed by atoms with van der Waals surface area (Å²) in [6.07, 6.45) is 0.454. The van der Waals surface area contributed by atoms with Crippen LogP contribution >= 0.6 is 11.6 Å². The van der Waals surface area contributed by atoms with Crippen LogP contribution in [0.5, 0.6) is 0 Å². The first-order valence-corrected chi connectivity index (χ1v) is 6.83. The zero-order chi connectivity index (χ0) is 14.9. The Morgan fingerprint density at radius 1 is 1.50 bits per heavy atom. The minimum atomic E-state index is -0.182. The molecule has 20 heavy (non-hydrogen) atoms. The second-order valence-corrected chi connectivity index (χ2v) is 5.58. The standard InChI is InChI=1S/C14H18ClN3O2/c1-17(2)14(20)11-6-10(3-4-12(11)15)18-8-9(7-16)5-13(18)19/h3-4,6,9H,5,7-8,16H2,1-2H3. The first-order valence-electron chi connectivity index (χ1n) is 6.45. The van der Waals surface area contributed by atoms with Crippen LogP contribution in [0.3, 0.4) is 0 Å². The molecule has 0 radical (unpaired) electrons. The third-order valence-corrected chi connectivity index (χ3v) is 3.77. The second-order valence-electron chi connectivity index (χ2n) is 5.17. The minimum absolute atomic E-state index is 0.0334. The average molecular weight is 296 g/mol. The Balaban J connectivity index is 2.32. The van der Waals surface area contributed by atoms with Gasteiger partial charge in [-0.15, -0.1) is 0 Å². The SMILES string of the molecule is CN(C)C(=O)c1cc(N2CC(CN)CC2=O)ccc1Cl. The highest BCUT2D eigenvalue weighted by Crippen LogP contribution is 2.28.